The summed E-state index contributed by atoms with van der Waals surface area (Å²) < 4.78 is 19.0. The highest BCUT2D eigenvalue weighted by Crippen LogP contribution is 2.58. The number of nitro groups is 1. The second kappa shape index (κ2) is 8.57. The topological polar surface area (TPSA) is 84.7 Å². The zero-order chi connectivity index (χ0) is 25.0. The van der Waals surface area contributed by atoms with Crippen LogP contribution in [0.2, 0.25) is 5.02 Å². The molecule has 6 rings (SSSR count). The highest BCUT2D eigenvalue weighted by Gasteiger charge is 2.73. The van der Waals surface area contributed by atoms with Gasteiger partial charge in [-0.15, -0.1) is 0 Å². The molecule has 4 atom stereocenters. The van der Waals surface area contributed by atoms with E-state index in [4.69, 9.17) is 16.3 Å². The number of para-hydroxylation sites is 1. The molecular formula is C27H23ClFN3O4. The number of carbonyl (C=O) groups is 1. The van der Waals surface area contributed by atoms with E-state index in [0.29, 0.717) is 34.1 Å². The Morgan fingerprint density at radius 3 is 2.69 bits per heavy atom. The minimum atomic E-state index is -1.36. The van der Waals surface area contributed by atoms with Crippen molar-refractivity contribution in [2.75, 3.05) is 11.9 Å². The molecule has 3 aromatic carbocycles. The van der Waals surface area contributed by atoms with Crippen LogP contribution in [0.15, 0.2) is 66.7 Å². The summed E-state index contributed by atoms with van der Waals surface area (Å²) in [5.74, 6) is -0.758. The molecular weight excluding hydrogens is 485 g/mol. The lowest BCUT2D eigenvalue weighted by Crippen LogP contribution is -2.55. The van der Waals surface area contributed by atoms with Crippen molar-refractivity contribution in [1.29, 1.82) is 0 Å². The van der Waals surface area contributed by atoms with Gasteiger partial charge in [-0.1, -0.05) is 48.0 Å². The van der Waals surface area contributed by atoms with Gasteiger partial charge in [0.15, 0.2) is 5.54 Å². The van der Waals surface area contributed by atoms with Crippen molar-refractivity contribution in [1.82, 2.24) is 4.90 Å². The van der Waals surface area contributed by atoms with E-state index in [1.807, 2.05) is 23.1 Å². The number of amides is 1. The zero-order valence-corrected chi connectivity index (χ0v) is 20.0. The predicted molar refractivity (Wildman–Crippen MR) is 132 cm³/mol. The lowest BCUT2D eigenvalue weighted by atomic mass is 9.77. The van der Waals surface area contributed by atoms with Gasteiger partial charge in [-0.3, -0.25) is 19.8 Å². The molecule has 2 saturated heterocycles. The van der Waals surface area contributed by atoms with E-state index in [2.05, 4.69) is 5.32 Å². The maximum absolute atomic E-state index is 13.5. The van der Waals surface area contributed by atoms with Gasteiger partial charge in [0.25, 0.3) is 11.9 Å². The van der Waals surface area contributed by atoms with Gasteiger partial charge in [-0.25, -0.2) is 4.39 Å². The van der Waals surface area contributed by atoms with Gasteiger partial charge in [0.2, 0.25) is 0 Å². The smallest absolute Gasteiger partial charge is 0.256 e. The maximum atomic E-state index is 13.5. The number of hydrogen-bond donors (Lipinski definition) is 1. The van der Waals surface area contributed by atoms with Crippen molar-refractivity contribution in [3.8, 4) is 5.75 Å². The minimum absolute atomic E-state index is 0.167. The largest absolute Gasteiger partial charge is 0.487 e. The number of benzene rings is 3. The third-order valence-corrected chi connectivity index (χ3v) is 8.04. The number of anilines is 1. The van der Waals surface area contributed by atoms with E-state index in [1.54, 1.807) is 36.4 Å². The Morgan fingerprint density at radius 2 is 1.94 bits per heavy atom. The van der Waals surface area contributed by atoms with Crippen molar-refractivity contribution < 1.29 is 18.8 Å². The fourth-order valence-corrected chi connectivity index (χ4v) is 6.60. The Balaban J connectivity index is 1.37. The average Bonchev–Trinajstić information content (AvgIpc) is 3.52. The van der Waals surface area contributed by atoms with Crippen LogP contribution in [0.4, 0.5) is 10.1 Å². The van der Waals surface area contributed by atoms with Crippen molar-refractivity contribution in [3.05, 3.63) is 104 Å². The SMILES string of the molecule is O=C1Nc2ccccc2[C@]12[C@H]([N+](=O)[O-])[C@@H](c1ccc(OCc3ccc(F)cc3)c(Cl)c1)[C@H]1CCCN12. The van der Waals surface area contributed by atoms with Crippen molar-refractivity contribution in [2.24, 2.45) is 0 Å². The highest BCUT2D eigenvalue weighted by molar-refractivity contribution is 6.32. The molecule has 1 spiro atoms. The molecule has 36 heavy (non-hydrogen) atoms. The van der Waals surface area contributed by atoms with Crippen LogP contribution in [0.25, 0.3) is 0 Å². The quantitative estimate of drug-likeness (QED) is 0.383. The van der Waals surface area contributed by atoms with Crippen LogP contribution in [0.3, 0.4) is 0 Å². The molecule has 1 amide bonds. The van der Waals surface area contributed by atoms with Crippen LogP contribution >= 0.6 is 11.6 Å². The molecule has 2 fully saturated rings. The summed E-state index contributed by atoms with van der Waals surface area (Å²) >= 11 is 6.58. The number of halogens is 2. The van der Waals surface area contributed by atoms with Gasteiger partial charge < -0.3 is 10.1 Å². The van der Waals surface area contributed by atoms with Gasteiger partial charge in [0.05, 0.1) is 10.9 Å². The first kappa shape index (κ1) is 22.9. The van der Waals surface area contributed by atoms with Crippen LogP contribution < -0.4 is 10.1 Å². The molecule has 0 radical (unpaired) electrons. The Morgan fingerprint density at radius 1 is 1.17 bits per heavy atom. The van der Waals surface area contributed by atoms with E-state index in [1.165, 1.54) is 12.1 Å². The second-order valence-electron chi connectivity index (χ2n) is 9.53. The molecule has 0 aromatic heterocycles. The first-order valence-electron chi connectivity index (χ1n) is 11.9. The molecule has 9 heteroatoms. The van der Waals surface area contributed by atoms with Crippen LogP contribution in [0.5, 0.6) is 5.75 Å². The molecule has 0 unspecified atom stereocenters. The number of fused-ring (bicyclic) bond motifs is 4. The maximum Gasteiger partial charge on any atom is 0.256 e. The van der Waals surface area contributed by atoms with Crippen LogP contribution in [-0.2, 0) is 16.9 Å². The molecule has 1 N–H and O–H groups in total. The highest BCUT2D eigenvalue weighted by atomic mass is 35.5. The molecule has 3 aliphatic rings. The minimum Gasteiger partial charge on any atom is -0.487 e. The normalized spacial score (nSPS) is 26.6. The number of rotatable bonds is 5. The summed E-state index contributed by atoms with van der Waals surface area (Å²) in [5, 5.41) is 15.9. The third-order valence-electron chi connectivity index (χ3n) is 7.74. The summed E-state index contributed by atoms with van der Waals surface area (Å²) in [5.41, 5.74) is 1.42. The van der Waals surface area contributed by atoms with Gasteiger partial charge in [-0.2, -0.15) is 0 Å². The standard InChI is InChI=1S/C27H23ClFN3O4/c28-20-14-17(9-12-23(20)36-15-16-7-10-18(29)11-8-16)24-22-6-3-13-31(22)27(25(24)32(34)35)19-4-1-2-5-21(19)30-26(27)33/h1-2,4-5,7-12,14,22,24-25H,3,6,13,15H2,(H,30,33)/t22-,24+,25-,27+/m1/s1. The molecule has 0 aliphatic carbocycles. The van der Waals surface area contributed by atoms with E-state index in [0.717, 1.165) is 18.4 Å². The number of carbonyl (C=O) groups excluding carboxylic acids is 1. The Kier molecular flexibility index (Phi) is 5.46. The molecule has 3 heterocycles. The summed E-state index contributed by atoms with van der Waals surface area (Å²) in [4.78, 5) is 28.0. The van der Waals surface area contributed by atoms with Crippen molar-refractivity contribution >= 4 is 23.2 Å². The summed E-state index contributed by atoms with van der Waals surface area (Å²) in [6.07, 6.45) is 1.61. The van der Waals surface area contributed by atoms with Crippen LogP contribution in [-0.4, -0.2) is 34.4 Å². The fourth-order valence-electron chi connectivity index (χ4n) is 6.36. The lowest BCUT2D eigenvalue weighted by Gasteiger charge is -2.32. The molecule has 3 aliphatic heterocycles. The molecule has 184 valence electrons. The van der Waals surface area contributed by atoms with E-state index < -0.39 is 17.5 Å². The monoisotopic (exact) mass is 507 g/mol. The number of nitrogens with one attached hydrogen (secondary N) is 1. The average molecular weight is 508 g/mol. The molecule has 0 saturated carbocycles. The lowest BCUT2D eigenvalue weighted by molar-refractivity contribution is -0.534. The summed E-state index contributed by atoms with van der Waals surface area (Å²) in [6.45, 7) is 0.816. The van der Waals surface area contributed by atoms with Gasteiger partial charge in [0.1, 0.15) is 18.2 Å². The van der Waals surface area contributed by atoms with Gasteiger partial charge in [0, 0.05) is 28.8 Å². The number of ether oxygens (including phenoxy) is 1. The molecule has 3 aromatic rings. The number of nitrogens with zero attached hydrogens (tertiary/aromatic N) is 2. The summed E-state index contributed by atoms with van der Waals surface area (Å²) in [7, 11) is 0. The van der Waals surface area contributed by atoms with E-state index in [-0.39, 0.29) is 29.3 Å². The first-order valence-corrected chi connectivity index (χ1v) is 12.3. The second-order valence-corrected chi connectivity index (χ2v) is 9.94. The zero-order valence-electron chi connectivity index (χ0n) is 19.2. The van der Waals surface area contributed by atoms with Crippen molar-refractivity contribution in [2.45, 2.75) is 43.0 Å². The van der Waals surface area contributed by atoms with E-state index in [9.17, 15) is 19.3 Å². The van der Waals surface area contributed by atoms with Gasteiger partial charge in [-0.05, 0) is 54.3 Å². The molecule has 7 nitrogen and oxygen atoms in total. The predicted octanol–water partition coefficient (Wildman–Crippen LogP) is 5.11. The fraction of sp³-hybridized carbons (Fsp3) is 0.296. The number of hydrogen-bond acceptors (Lipinski definition) is 5. The van der Waals surface area contributed by atoms with Crippen LogP contribution in [0.1, 0.15) is 35.4 Å². The van der Waals surface area contributed by atoms with Crippen molar-refractivity contribution in [3.63, 3.8) is 0 Å². The van der Waals surface area contributed by atoms with Crippen LogP contribution in [0, 0.1) is 15.9 Å². The van der Waals surface area contributed by atoms with E-state index >= 15 is 0 Å². The Bertz CT molecular complexity index is 1370. The van der Waals surface area contributed by atoms with Gasteiger partial charge >= 0.3 is 0 Å². The first-order chi connectivity index (χ1) is 17.4. The third kappa shape index (κ3) is 3.32. The Hall–Kier alpha value is -3.49. The summed E-state index contributed by atoms with van der Waals surface area (Å²) in [6, 6.07) is 17.1. The molecule has 0 bridgehead atoms. The Labute approximate surface area is 212 Å².